The van der Waals surface area contributed by atoms with Gasteiger partial charge in [0.1, 0.15) is 17.0 Å². The van der Waals surface area contributed by atoms with Gasteiger partial charge >= 0.3 is 0 Å². The summed E-state index contributed by atoms with van der Waals surface area (Å²) in [6, 6.07) is 16.5. The van der Waals surface area contributed by atoms with E-state index in [0.29, 0.717) is 5.82 Å². The van der Waals surface area contributed by atoms with E-state index in [2.05, 4.69) is 34.3 Å². The molecule has 0 bridgehead atoms. The molecule has 4 aromatic rings. The first-order chi connectivity index (χ1) is 12.6. The zero-order valence-electron chi connectivity index (χ0n) is 13.9. The average molecular weight is 360 g/mol. The molecule has 0 saturated carbocycles. The van der Waals surface area contributed by atoms with Crippen molar-refractivity contribution in [1.29, 1.82) is 0 Å². The molecule has 0 fully saturated rings. The number of aromatic nitrogens is 2. The van der Waals surface area contributed by atoms with Gasteiger partial charge in [-0.05, 0) is 30.2 Å². The number of benzene rings is 2. The summed E-state index contributed by atoms with van der Waals surface area (Å²) < 4.78 is 0. The molecule has 1 N–H and O–H groups in total. The van der Waals surface area contributed by atoms with Gasteiger partial charge in [-0.15, -0.1) is 11.3 Å². The molecular weight excluding hydrogens is 346 g/mol. The molecule has 0 saturated heterocycles. The minimum Gasteiger partial charge on any atom is -0.545 e. The minimum absolute atomic E-state index is 0.139. The van der Waals surface area contributed by atoms with E-state index in [1.54, 1.807) is 23.5 Å². The lowest BCUT2D eigenvalue weighted by molar-refractivity contribution is -0.255. The van der Waals surface area contributed by atoms with Crippen LogP contribution in [-0.4, -0.2) is 15.9 Å². The molecule has 0 amide bonds. The molecular formula is C20H14N3O2S-. The van der Waals surface area contributed by atoms with Crippen molar-refractivity contribution in [3.05, 3.63) is 71.4 Å². The fourth-order valence-electron chi connectivity index (χ4n) is 2.92. The smallest absolute Gasteiger partial charge is 0.143 e. The Morgan fingerprint density at radius 3 is 2.46 bits per heavy atom. The van der Waals surface area contributed by atoms with Crippen molar-refractivity contribution in [3.63, 3.8) is 0 Å². The number of carboxylic acids is 1. The van der Waals surface area contributed by atoms with Gasteiger partial charge in [0, 0.05) is 16.1 Å². The van der Waals surface area contributed by atoms with Gasteiger partial charge in [0.25, 0.3) is 0 Å². The molecule has 128 valence electrons. The monoisotopic (exact) mass is 360 g/mol. The van der Waals surface area contributed by atoms with Crippen molar-refractivity contribution >= 4 is 39.0 Å². The number of nitrogens with one attached hydrogen (secondary N) is 1. The van der Waals surface area contributed by atoms with Crippen LogP contribution in [0.3, 0.4) is 0 Å². The first-order valence-corrected chi connectivity index (χ1v) is 8.83. The number of carbonyl (C=O) groups is 1. The quantitative estimate of drug-likeness (QED) is 0.599. The predicted octanol–water partition coefficient (Wildman–Crippen LogP) is 3.77. The van der Waals surface area contributed by atoms with E-state index in [1.807, 2.05) is 18.2 Å². The molecule has 26 heavy (non-hydrogen) atoms. The molecule has 0 unspecified atom stereocenters. The number of thiophene rings is 1. The Bertz CT molecular complexity index is 1090. The van der Waals surface area contributed by atoms with Gasteiger partial charge in [-0.3, -0.25) is 0 Å². The van der Waals surface area contributed by atoms with Crippen LogP contribution in [0.1, 0.15) is 15.2 Å². The van der Waals surface area contributed by atoms with E-state index in [-0.39, 0.29) is 5.56 Å². The Labute approximate surface area is 154 Å². The van der Waals surface area contributed by atoms with Crippen LogP contribution in [0.5, 0.6) is 0 Å². The number of anilines is 2. The van der Waals surface area contributed by atoms with Crippen molar-refractivity contribution in [2.45, 2.75) is 6.92 Å². The molecule has 2 aromatic heterocycles. The van der Waals surface area contributed by atoms with E-state index in [9.17, 15) is 9.90 Å². The maximum Gasteiger partial charge on any atom is 0.143 e. The van der Waals surface area contributed by atoms with Crippen LogP contribution in [-0.2, 0) is 0 Å². The zero-order chi connectivity index (χ0) is 18.1. The summed E-state index contributed by atoms with van der Waals surface area (Å²) in [5.41, 5.74) is 3.11. The summed E-state index contributed by atoms with van der Waals surface area (Å²) in [6.07, 6.45) is 1.53. The van der Waals surface area contributed by atoms with Gasteiger partial charge in [-0.25, -0.2) is 9.97 Å². The number of nitrogens with zero attached hydrogens (tertiary/aromatic N) is 2. The van der Waals surface area contributed by atoms with E-state index in [0.717, 1.165) is 27.0 Å². The third-order valence-corrected chi connectivity index (χ3v) is 5.12. The van der Waals surface area contributed by atoms with Crippen LogP contribution in [0.15, 0.2) is 60.9 Å². The lowest BCUT2D eigenvalue weighted by atomic mass is 10.0. The topological polar surface area (TPSA) is 77.9 Å². The molecule has 4 rings (SSSR count). The van der Waals surface area contributed by atoms with Gasteiger partial charge in [0.15, 0.2) is 0 Å². The molecule has 6 heteroatoms. The molecule has 2 heterocycles. The Morgan fingerprint density at radius 1 is 1.04 bits per heavy atom. The maximum atomic E-state index is 10.9. The molecule has 0 atom stereocenters. The molecule has 2 aromatic carbocycles. The van der Waals surface area contributed by atoms with Crippen molar-refractivity contribution in [3.8, 4) is 11.1 Å². The van der Waals surface area contributed by atoms with E-state index in [1.165, 1.54) is 23.3 Å². The summed E-state index contributed by atoms with van der Waals surface area (Å²) in [7, 11) is 0. The Hall–Kier alpha value is -3.25. The Morgan fingerprint density at radius 2 is 1.77 bits per heavy atom. The lowest BCUT2D eigenvalue weighted by Gasteiger charge is -2.10. The SMILES string of the molecule is Cc1sc2ncnc(Nc3ccc(C(=O)[O-])cc3)c2c1-c1ccccc1. The van der Waals surface area contributed by atoms with Crippen LogP contribution in [0.4, 0.5) is 11.5 Å². The summed E-state index contributed by atoms with van der Waals surface area (Å²) in [4.78, 5) is 21.8. The summed E-state index contributed by atoms with van der Waals surface area (Å²) in [5, 5.41) is 15.1. The van der Waals surface area contributed by atoms with Crippen LogP contribution >= 0.6 is 11.3 Å². The third kappa shape index (κ3) is 2.91. The van der Waals surface area contributed by atoms with Crippen molar-refractivity contribution in [2.75, 3.05) is 5.32 Å². The fraction of sp³-hybridized carbons (Fsp3) is 0.0500. The van der Waals surface area contributed by atoms with Gasteiger partial charge < -0.3 is 15.2 Å². The highest BCUT2D eigenvalue weighted by Gasteiger charge is 2.16. The normalized spacial score (nSPS) is 10.8. The standard InChI is InChI=1S/C20H15N3O2S/c1-12-16(13-5-3-2-4-6-13)17-18(21-11-22-19(17)26-12)23-15-9-7-14(8-10-15)20(24)25/h2-11H,1H3,(H,24,25)(H,21,22,23)/p-1. The number of hydrogen-bond acceptors (Lipinski definition) is 6. The largest absolute Gasteiger partial charge is 0.545 e. The molecule has 0 spiro atoms. The summed E-state index contributed by atoms with van der Waals surface area (Å²) in [6.45, 7) is 2.08. The molecule has 0 radical (unpaired) electrons. The number of carboxylic acid groups (broad SMARTS) is 1. The number of hydrogen-bond donors (Lipinski definition) is 1. The Kier molecular flexibility index (Phi) is 4.10. The number of aromatic carboxylic acids is 1. The van der Waals surface area contributed by atoms with E-state index in [4.69, 9.17) is 0 Å². The highest BCUT2D eigenvalue weighted by molar-refractivity contribution is 7.19. The average Bonchev–Trinajstić information content (AvgIpc) is 3.00. The van der Waals surface area contributed by atoms with E-state index < -0.39 is 5.97 Å². The Balaban J connectivity index is 1.82. The van der Waals surface area contributed by atoms with Gasteiger partial charge in [-0.1, -0.05) is 42.5 Å². The van der Waals surface area contributed by atoms with Crippen LogP contribution in [0.2, 0.25) is 0 Å². The van der Waals surface area contributed by atoms with Crippen molar-refractivity contribution < 1.29 is 9.90 Å². The lowest BCUT2D eigenvalue weighted by Crippen LogP contribution is -2.21. The fourth-order valence-corrected chi connectivity index (χ4v) is 3.93. The highest BCUT2D eigenvalue weighted by atomic mass is 32.1. The second kappa shape index (κ2) is 6.57. The molecule has 0 aliphatic heterocycles. The second-order valence-electron chi connectivity index (χ2n) is 5.79. The van der Waals surface area contributed by atoms with Crippen LogP contribution < -0.4 is 10.4 Å². The highest BCUT2D eigenvalue weighted by Crippen LogP contribution is 2.40. The van der Waals surface area contributed by atoms with Gasteiger partial charge in [0.05, 0.1) is 11.4 Å². The summed E-state index contributed by atoms with van der Waals surface area (Å²) in [5.74, 6) is -0.500. The van der Waals surface area contributed by atoms with Gasteiger partial charge in [-0.2, -0.15) is 0 Å². The molecule has 0 aliphatic carbocycles. The van der Waals surface area contributed by atoms with E-state index >= 15 is 0 Å². The van der Waals surface area contributed by atoms with Crippen molar-refractivity contribution in [1.82, 2.24) is 9.97 Å². The molecule has 5 nitrogen and oxygen atoms in total. The molecule has 0 aliphatic rings. The minimum atomic E-state index is -1.19. The number of carbonyl (C=O) groups excluding carboxylic acids is 1. The van der Waals surface area contributed by atoms with Crippen molar-refractivity contribution in [2.24, 2.45) is 0 Å². The van der Waals surface area contributed by atoms with Gasteiger partial charge in [0.2, 0.25) is 0 Å². The summed E-state index contributed by atoms with van der Waals surface area (Å²) >= 11 is 1.63. The third-order valence-electron chi connectivity index (χ3n) is 4.11. The van der Waals surface area contributed by atoms with Crippen LogP contribution in [0.25, 0.3) is 21.3 Å². The number of aryl methyl sites for hydroxylation is 1. The number of fused-ring (bicyclic) bond motifs is 1. The first-order valence-electron chi connectivity index (χ1n) is 8.01. The predicted molar refractivity (Wildman–Crippen MR) is 102 cm³/mol. The number of rotatable bonds is 4. The maximum absolute atomic E-state index is 10.9. The second-order valence-corrected chi connectivity index (χ2v) is 6.99. The zero-order valence-corrected chi connectivity index (χ0v) is 14.7. The van der Waals surface area contributed by atoms with Crippen LogP contribution in [0, 0.1) is 6.92 Å². The first kappa shape index (κ1) is 16.2.